The SMILES string of the molecule is C=CC1=C(C=C)N(Cc2ccc(Cl)cc2)C(=O)C1=O. The van der Waals surface area contributed by atoms with E-state index in [-0.39, 0.29) is 0 Å². The molecule has 0 unspecified atom stereocenters. The van der Waals surface area contributed by atoms with Crippen molar-refractivity contribution in [3.63, 3.8) is 0 Å². The largest absolute Gasteiger partial charge is 0.300 e. The highest BCUT2D eigenvalue weighted by molar-refractivity contribution is 6.46. The number of amides is 1. The summed E-state index contributed by atoms with van der Waals surface area (Å²) >= 11 is 5.81. The van der Waals surface area contributed by atoms with Gasteiger partial charge in [-0.3, -0.25) is 9.59 Å². The van der Waals surface area contributed by atoms with Gasteiger partial charge in [-0.2, -0.15) is 0 Å². The number of allylic oxidation sites excluding steroid dienone is 2. The van der Waals surface area contributed by atoms with Crippen molar-refractivity contribution >= 4 is 23.3 Å². The van der Waals surface area contributed by atoms with Crippen LogP contribution in [0, 0.1) is 0 Å². The molecule has 0 bridgehead atoms. The van der Waals surface area contributed by atoms with Crippen LogP contribution in [0.4, 0.5) is 0 Å². The van der Waals surface area contributed by atoms with Crippen molar-refractivity contribution in [3.8, 4) is 0 Å². The molecule has 0 aromatic heterocycles. The molecule has 1 aliphatic heterocycles. The lowest BCUT2D eigenvalue weighted by molar-refractivity contribution is -0.139. The number of hydrogen-bond donors (Lipinski definition) is 0. The molecule has 0 saturated heterocycles. The van der Waals surface area contributed by atoms with Gasteiger partial charge >= 0.3 is 0 Å². The maximum atomic E-state index is 11.9. The van der Waals surface area contributed by atoms with E-state index in [1.165, 1.54) is 17.1 Å². The summed E-state index contributed by atoms with van der Waals surface area (Å²) < 4.78 is 0. The fourth-order valence-electron chi connectivity index (χ4n) is 1.96. The van der Waals surface area contributed by atoms with Gasteiger partial charge in [0, 0.05) is 5.02 Å². The standard InChI is InChI=1S/C15H12ClNO2/c1-3-12-13(4-2)17(15(19)14(12)18)9-10-5-7-11(16)8-6-10/h3-8H,1-2,9H2. The summed E-state index contributed by atoms with van der Waals surface area (Å²) in [6.07, 6.45) is 2.88. The van der Waals surface area contributed by atoms with Crippen LogP contribution in [0.5, 0.6) is 0 Å². The van der Waals surface area contributed by atoms with Crippen molar-refractivity contribution in [3.05, 3.63) is 71.4 Å². The summed E-state index contributed by atoms with van der Waals surface area (Å²) in [6, 6.07) is 7.11. The van der Waals surface area contributed by atoms with E-state index in [0.717, 1.165) is 5.56 Å². The molecule has 1 amide bonds. The zero-order valence-corrected chi connectivity index (χ0v) is 11.0. The van der Waals surface area contributed by atoms with Gasteiger partial charge in [0.2, 0.25) is 0 Å². The van der Waals surface area contributed by atoms with Crippen LogP contribution in [-0.4, -0.2) is 16.6 Å². The summed E-state index contributed by atoms with van der Waals surface area (Å²) in [7, 11) is 0. The van der Waals surface area contributed by atoms with Crippen LogP contribution in [0.15, 0.2) is 60.8 Å². The first-order valence-electron chi connectivity index (χ1n) is 5.68. The molecule has 0 spiro atoms. The van der Waals surface area contributed by atoms with Gasteiger partial charge in [-0.25, -0.2) is 0 Å². The van der Waals surface area contributed by atoms with E-state index >= 15 is 0 Å². The van der Waals surface area contributed by atoms with Gasteiger partial charge < -0.3 is 4.90 Å². The second-order valence-corrected chi connectivity index (χ2v) is 4.49. The number of Topliss-reactive ketones (excluding diaryl/α,β-unsaturated/α-hetero) is 1. The minimum atomic E-state index is -0.556. The molecule has 96 valence electrons. The normalized spacial score (nSPS) is 15.1. The average molecular weight is 274 g/mol. The van der Waals surface area contributed by atoms with Crippen LogP contribution >= 0.6 is 11.6 Å². The van der Waals surface area contributed by atoms with Gasteiger partial charge in [-0.05, 0) is 23.8 Å². The quantitative estimate of drug-likeness (QED) is 0.791. The van der Waals surface area contributed by atoms with Gasteiger partial charge in [-0.1, -0.05) is 43.0 Å². The number of rotatable bonds is 4. The summed E-state index contributed by atoms with van der Waals surface area (Å²) in [5, 5.41) is 0.624. The molecule has 0 N–H and O–H groups in total. The van der Waals surface area contributed by atoms with E-state index in [4.69, 9.17) is 11.6 Å². The van der Waals surface area contributed by atoms with Crippen LogP contribution < -0.4 is 0 Å². The third kappa shape index (κ3) is 2.37. The van der Waals surface area contributed by atoms with Crippen LogP contribution in [0.2, 0.25) is 5.02 Å². The highest BCUT2D eigenvalue weighted by Gasteiger charge is 2.35. The van der Waals surface area contributed by atoms with Gasteiger partial charge in [-0.15, -0.1) is 0 Å². The predicted molar refractivity (Wildman–Crippen MR) is 74.4 cm³/mol. The minimum Gasteiger partial charge on any atom is -0.300 e. The molecular formula is C15H12ClNO2. The number of carbonyl (C=O) groups excluding carboxylic acids is 2. The second-order valence-electron chi connectivity index (χ2n) is 4.05. The van der Waals surface area contributed by atoms with Gasteiger partial charge in [0.25, 0.3) is 11.7 Å². The summed E-state index contributed by atoms with van der Waals surface area (Å²) in [5.41, 5.74) is 1.68. The van der Waals surface area contributed by atoms with Crippen molar-refractivity contribution in [1.29, 1.82) is 0 Å². The lowest BCUT2D eigenvalue weighted by Crippen LogP contribution is -2.28. The Morgan fingerprint density at radius 2 is 1.74 bits per heavy atom. The number of ketones is 1. The van der Waals surface area contributed by atoms with Gasteiger partial charge in [0.05, 0.1) is 17.8 Å². The molecule has 4 heteroatoms. The Morgan fingerprint density at radius 1 is 1.11 bits per heavy atom. The van der Waals surface area contributed by atoms with E-state index in [1.807, 2.05) is 12.1 Å². The highest BCUT2D eigenvalue weighted by atomic mass is 35.5. The molecule has 1 aliphatic rings. The molecule has 2 rings (SSSR count). The molecule has 0 aliphatic carbocycles. The molecule has 0 fully saturated rings. The first-order valence-corrected chi connectivity index (χ1v) is 6.06. The number of carbonyl (C=O) groups is 2. The number of hydrogen-bond acceptors (Lipinski definition) is 2. The monoisotopic (exact) mass is 273 g/mol. The number of benzene rings is 1. The van der Waals surface area contributed by atoms with Crippen molar-refractivity contribution in [1.82, 2.24) is 4.90 Å². The van der Waals surface area contributed by atoms with E-state index in [9.17, 15) is 9.59 Å². The summed E-state index contributed by atoms with van der Waals surface area (Å²) in [5.74, 6) is -1.10. The number of nitrogens with zero attached hydrogens (tertiary/aromatic N) is 1. The zero-order chi connectivity index (χ0) is 14.0. The van der Waals surface area contributed by atoms with E-state index in [1.54, 1.807) is 12.1 Å². The molecular weight excluding hydrogens is 262 g/mol. The van der Waals surface area contributed by atoms with Gasteiger partial charge in [0.15, 0.2) is 0 Å². The fourth-order valence-corrected chi connectivity index (χ4v) is 2.08. The molecule has 19 heavy (non-hydrogen) atoms. The second kappa shape index (κ2) is 5.24. The topological polar surface area (TPSA) is 37.4 Å². The lowest BCUT2D eigenvalue weighted by atomic mass is 10.1. The molecule has 1 heterocycles. The molecule has 1 aromatic carbocycles. The molecule has 0 atom stereocenters. The Hall–Kier alpha value is -2.13. The Morgan fingerprint density at radius 3 is 2.26 bits per heavy atom. The fraction of sp³-hybridized carbons (Fsp3) is 0.0667. The highest BCUT2D eigenvalue weighted by Crippen LogP contribution is 2.25. The maximum Gasteiger partial charge on any atom is 0.299 e. The van der Waals surface area contributed by atoms with Crippen molar-refractivity contribution in [2.24, 2.45) is 0 Å². The summed E-state index contributed by atoms with van der Waals surface area (Å²) in [6.45, 7) is 7.50. The first-order chi connectivity index (χ1) is 9.08. The van der Waals surface area contributed by atoms with Crippen molar-refractivity contribution in [2.45, 2.75) is 6.54 Å². The third-order valence-electron chi connectivity index (χ3n) is 2.90. The minimum absolute atomic E-state index is 0.300. The van der Waals surface area contributed by atoms with E-state index in [2.05, 4.69) is 13.2 Å². The van der Waals surface area contributed by atoms with Crippen molar-refractivity contribution in [2.75, 3.05) is 0 Å². The lowest BCUT2D eigenvalue weighted by Gasteiger charge is -2.17. The molecule has 3 nitrogen and oxygen atoms in total. The Balaban J connectivity index is 2.34. The smallest absolute Gasteiger partial charge is 0.299 e. The van der Waals surface area contributed by atoms with Crippen LogP contribution in [0.25, 0.3) is 0 Å². The maximum absolute atomic E-state index is 11.9. The molecule has 1 aromatic rings. The average Bonchev–Trinajstić information content (AvgIpc) is 2.65. The number of halogens is 1. The Labute approximate surface area is 116 Å². The first kappa shape index (κ1) is 13.3. The Kier molecular flexibility index (Phi) is 3.67. The van der Waals surface area contributed by atoms with Crippen LogP contribution in [0.3, 0.4) is 0 Å². The van der Waals surface area contributed by atoms with E-state index in [0.29, 0.717) is 22.8 Å². The van der Waals surface area contributed by atoms with E-state index < -0.39 is 11.7 Å². The predicted octanol–water partition coefficient (Wildman–Crippen LogP) is 2.88. The van der Waals surface area contributed by atoms with Crippen LogP contribution in [0.1, 0.15) is 5.56 Å². The zero-order valence-electron chi connectivity index (χ0n) is 10.2. The Bertz CT molecular complexity index is 599. The summed E-state index contributed by atoms with van der Waals surface area (Å²) in [4.78, 5) is 25.1. The molecule has 0 saturated carbocycles. The van der Waals surface area contributed by atoms with Gasteiger partial charge in [0.1, 0.15) is 0 Å². The molecule has 0 radical (unpaired) electrons. The third-order valence-corrected chi connectivity index (χ3v) is 3.15. The van der Waals surface area contributed by atoms with Crippen molar-refractivity contribution < 1.29 is 9.59 Å². The van der Waals surface area contributed by atoms with Crippen LogP contribution in [-0.2, 0) is 16.1 Å².